The van der Waals surface area contributed by atoms with E-state index in [1.54, 1.807) is 34.9 Å². The van der Waals surface area contributed by atoms with Gasteiger partial charge in [0.25, 0.3) is 10.0 Å². The van der Waals surface area contributed by atoms with Crippen LogP contribution in [0.3, 0.4) is 0 Å². The van der Waals surface area contributed by atoms with E-state index in [4.69, 9.17) is 23.2 Å². The maximum absolute atomic E-state index is 12.4. The third-order valence-electron chi connectivity index (χ3n) is 2.95. The average Bonchev–Trinajstić information content (AvgIpc) is 3.04. The molecule has 24 heavy (non-hydrogen) atoms. The van der Waals surface area contributed by atoms with Crippen molar-refractivity contribution in [1.29, 1.82) is 0 Å². The number of aromatic nitrogens is 2. The molecule has 0 atom stereocenters. The van der Waals surface area contributed by atoms with Crippen LogP contribution in [0.1, 0.15) is 0 Å². The molecule has 3 rings (SSSR count). The van der Waals surface area contributed by atoms with Crippen LogP contribution < -0.4 is 4.72 Å². The highest BCUT2D eigenvalue weighted by molar-refractivity contribution is 9.13. The molecule has 5 nitrogen and oxygen atoms in total. The molecule has 0 saturated heterocycles. The Balaban J connectivity index is 1.85. The number of nitrogens with one attached hydrogen (secondary N) is 1. The monoisotopic (exact) mass is 529 g/mol. The van der Waals surface area contributed by atoms with Gasteiger partial charge in [0.1, 0.15) is 10.5 Å². The Morgan fingerprint density at radius 2 is 1.83 bits per heavy atom. The van der Waals surface area contributed by atoms with Gasteiger partial charge < -0.3 is 0 Å². The normalized spacial score (nSPS) is 11.7. The molecule has 126 valence electrons. The van der Waals surface area contributed by atoms with Crippen molar-refractivity contribution in [2.75, 3.05) is 4.72 Å². The molecule has 0 aliphatic carbocycles. The minimum Gasteiger partial charge on any atom is -0.288 e. The Hall–Kier alpha value is -0.580. The van der Waals surface area contributed by atoms with E-state index in [-0.39, 0.29) is 9.36 Å². The van der Waals surface area contributed by atoms with Crippen molar-refractivity contribution >= 4 is 82.1 Å². The van der Waals surface area contributed by atoms with Gasteiger partial charge in [-0.1, -0.05) is 23.2 Å². The quantitative estimate of drug-likeness (QED) is 0.479. The maximum Gasteiger partial charge on any atom is 0.271 e. The average molecular weight is 532 g/mol. The summed E-state index contributed by atoms with van der Waals surface area (Å²) in [6.45, 7) is 0. The Morgan fingerprint density at radius 1 is 1.17 bits per heavy atom. The highest BCUT2D eigenvalue weighted by atomic mass is 79.9. The Bertz CT molecular complexity index is 981. The molecule has 0 amide bonds. The Labute approximate surface area is 168 Å². The fraction of sp³-hybridized carbons (Fsp3) is 0. The molecule has 0 aliphatic heterocycles. The second kappa shape index (κ2) is 6.97. The summed E-state index contributed by atoms with van der Waals surface area (Å²) in [5, 5.41) is 0.494. The topological polar surface area (TPSA) is 64.0 Å². The van der Waals surface area contributed by atoms with E-state index in [1.807, 2.05) is 0 Å². The molecule has 11 heteroatoms. The van der Waals surface area contributed by atoms with Gasteiger partial charge in [-0.3, -0.25) is 9.29 Å². The summed E-state index contributed by atoms with van der Waals surface area (Å²) >= 11 is 19.5. The van der Waals surface area contributed by atoms with Crippen LogP contribution in [0.25, 0.3) is 5.69 Å². The smallest absolute Gasteiger partial charge is 0.271 e. The lowest BCUT2D eigenvalue weighted by molar-refractivity contribution is 0.603. The zero-order valence-electron chi connectivity index (χ0n) is 11.5. The lowest BCUT2D eigenvalue weighted by atomic mass is 10.3. The molecule has 1 N–H and O–H groups in total. The summed E-state index contributed by atoms with van der Waals surface area (Å²) in [4.78, 5) is 3.90. The van der Waals surface area contributed by atoms with Crippen LogP contribution >= 0.6 is 66.4 Å². The van der Waals surface area contributed by atoms with E-state index < -0.39 is 10.0 Å². The number of anilines is 1. The lowest BCUT2D eigenvalue weighted by Crippen LogP contribution is -2.11. The Morgan fingerprint density at radius 3 is 2.33 bits per heavy atom. The standard InChI is InChI=1S/C13H7Br2Cl2N3O2S2/c14-9-5-10(23-11(9)15)24(21,22)19-7-1-3-8(4-2-7)20-6-18-12(16)13(20)17/h1-6,19H. The first-order valence-electron chi connectivity index (χ1n) is 6.24. The van der Waals surface area contributed by atoms with Crippen molar-refractivity contribution < 1.29 is 8.42 Å². The molecule has 1 aromatic carbocycles. The van der Waals surface area contributed by atoms with Gasteiger partial charge in [0, 0.05) is 15.8 Å². The number of hydrogen-bond donors (Lipinski definition) is 1. The second-order valence-corrected chi connectivity index (χ2v) is 10.4. The molecule has 0 saturated carbocycles. The van der Waals surface area contributed by atoms with Gasteiger partial charge in [-0.15, -0.1) is 11.3 Å². The predicted octanol–water partition coefficient (Wildman–Crippen LogP) is 5.57. The molecule has 0 fully saturated rings. The van der Waals surface area contributed by atoms with E-state index >= 15 is 0 Å². The number of imidazole rings is 1. The predicted molar refractivity (Wildman–Crippen MR) is 104 cm³/mol. The summed E-state index contributed by atoms with van der Waals surface area (Å²) in [7, 11) is -3.65. The largest absolute Gasteiger partial charge is 0.288 e. The van der Waals surface area contributed by atoms with Crippen molar-refractivity contribution in [3.8, 4) is 5.69 Å². The number of sulfonamides is 1. The number of hydrogen-bond acceptors (Lipinski definition) is 4. The molecular formula is C13H7Br2Cl2N3O2S2. The molecule has 0 unspecified atom stereocenters. The molecule has 3 aromatic rings. The van der Waals surface area contributed by atoms with Crippen LogP contribution in [0.15, 0.2) is 49.1 Å². The van der Waals surface area contributed by atoms with E-state index in [9.17, 15) is 8.42 Å². The van der Waals surface area contributed by atoms with Crippen molar-refractivity contribution in [2.24, 2.45) is 0 Å². The van der Waals surface area contributed by atoms with Gasteiger partial charge in [-0.25, -0.2) is 13.4 Å². The van der Waals surface area contributed by atoms with E-state index in [0.717, 1.165) is 11.3 Å². The van der Waals surface area contributed by atoms with Gasteiger partial charge in [0.15, 0.2) is 10.3 Å². The number of nitrogens with zero attached hydrogens (tertiary/aromatic N) is 2. The molecule has 0 aliphatic rings. The van der Waals surface area contributed by atoms with Crippen LogP contribution in [0.2, 0.25) is 10.3 Å². The molecule has 2 aromatic heterocycles. The number of rotatable bonds is 4. The van der Waals surface area contributed by atoms with E-state index in [2.05, 4.69) is 41.6 Å². The van der Waals surface area contributed by atoms with Crippen LogP contribution in [0, 0.1) is 0 Å². The maximum atomic E-state index is 12.4. The fourth-order valence-electron chi connectivity index (χ4n) is 1.85. The van der Waals surface area contributed by atoms with Gasteiger partial charge in [-0.2, -0.15) is 0 Å². The minimum absolute atomic E-state index is 0.203. The zero-order chi connectivity index (χ0) is 17.5. The Kier molecular flexibility index (Phi) is 5.29. The third-order valence-corrected chi connectivity index (χ3v) is 8.80. The second-order valence-electron chi connectivity index (χ2n) is 4.54. The summed E-state index contributed by atoms with van der Waals surface area (Å²) in [5.41, 5.74) is 1.14. The number of benzene rings is 1. The summed E-state index contributed by atoms with van der Waals surface area (Å²) in [6, 6.07) is 8.23. The van der Waals surface area contributed by atoms with Gasteiger partial charge in [0.2, 0.25) is 0 Å². The molecule has 2 heterocycles. The highest BCUT2D eigenvalue weighted by Crippen LogP contribution is 2.35. The van der Waals surface area contributed by atoms with Crippen LogP contribution in [-0.2, 0) is 10.0 Å². The molecule has 0 radical (unpaired) electrons. The van der Waals surface area contributed by atoms with Crippen molar-refractivity contribution in [3.63, 3.8) is 0 Å². The molecule has 0 bridgehead atoms. The first-order valence-corrected chi connectivity index (χ1v) is 10.9. The van der Waals surface area contributed by atoms with E-state index in [1.165, 1.54) is 6.33 Å². The third kappa shape index (κ3) is 3.66. The SMILES string of the molecule is O=S(=O)(Nc1ccc(-n2cnc(Cl)c2Cl)cc1)c1cc(Br)c(Br)s1. The van der Waals surface area contributed by atoms with Gasteiger partial charge in [0.05, 0.1) is 3.79 Å². The van der Waals surface area contributed by atoms with Gasteiger partial charge >= 0.3 is 0 Å². The van der Waals surface area contributed by atoms with E-state index in [0.29, 0.717) is 24.8 Å². The molecule has 0 spiro atoms. The summed E-state index contributed by atoms with van der Waals surface area (Å²) < 4.78 is 30.5. The number of thiophene rings is 1. The highest BCUT2D eigenvalue weighted by Gasteiger charge is 2.19. The van der Waals surface area contributed by atoms with Crippen LogP contribution in [0.5, 0.6) is 0 Å². The van der Waals surface area contributed by atoms with Crippen molar-refractivity contribution in [1.82, 2.24) is 9.55 Å². The zero-order valence-corrected chi connectivity index (χ0v) is 17.8. The van der Waals surface area contributed by atoms with Crippen molar-refractivity contribution in [2.45, 2.75) is 4.21 Å². The summed E-state index contributed by atoms with van der Waals surface area (Å²) in [5.74, 6) is 0. The van der Waals surface area contributed by atoms with Crippen molar-refractivity contribution in [3.05, 3.63) is 55.2 Å². The number of halogens is 4. The minimum atomic E-state index is -3.65. The fourth-order valence-corrected chi connectivity index (χ4v) is 6.05. The van der Waals surface area contributed by atoms with Gasteiger partial charge in [-0.05, 0) is 62.2 Å². The first-order chi connectivity index (χ1) is 11.3. The lowest BCUT2D eigenvalue weighted by Gasteiger charge is -2.08. The molecular weight excluding hydrogens is 525 g/mol. The summed E-state index contributed by atoms with van der Waals surface area (Å²) in [6.07, 6.45) is 1.49. The van der Waals surface area contributed by atoms with Crippen LogP contribution in [-0.4, -0.2) is 18.0 Å². The first kappa shape index (κ1) is 18.2. The van der Waals surface area contributed by atoms with Crippen LogP contribution in [0.4, 0.5) is 5.69 Å².